The number of benzene rings is 2. The molecule has 5 aromatic rings. The van der Waals surface area contributed by atoms with E-state index >= 15 is 0 Å². The third-order valence-electron chi connectivity index (χ3n) is 7.47. The van der Waals surface area contributed by atoms with Gasteiger partial charge in [0, 0.05) is 44.3 Å². The maximum atomic E-state index is 13.4. The molecule has 1 N–H and O–H groups in total. The minimum absolute atomic E-state index is 0.124. The van der Waals surface area contributed by atoms with Gasteiger partial charge in [0.1, 0.15) is 11.3 Å². The molecule has 9 nitrogen and oxygen atoms in total. The minimum Gasteiger partial charge on any atom is -0.359 e. The SMILES string of the molecule is CNC(=O)Cc1nc2cnc3c(ccn3S(=O)(=O)c3ccccc3)c2n1C1CCN(Cc2ccccc2)CC1. The van der Waals surface area contributed by atoms with Crippen molar-refractivity contribution < 1.29 is 13.2 Å². The van der Waals surface area contributed by atoms with Gasteiger partial charge in [0.05, 0.1) is 23.0 Å². The van der Waals surface area contributed by atoms with Crippen LogP contribution >= 0.6 is 0 Å². The average molecular weight is 543 g/mol. The summed E-state index contributed by atoms with van der Waals surface area (Å²) in [5, 5.41) is 3.41. The molecule has 0 spiro atoms. The highest BCUT2D eigenvalue weighted by Gasteiger charge is 2.28. The molecule has 0 saturated carbocycles. The summed E-state index contributed by atoms with van der Waals surface area (Å²) in [6.45, 7) is 2.73. The molecule has 0 aliphatic carbocycles. The number of piperidine rings is 1. The van der Waals surface area contributed by atoms with Gasteiger partial charge >= 0.3 is 0 Å². The number of likely N-dealkylation sites (N-methyl/N-ethyl adjacent to an activating group) is 1. The molecule has 1 aliphatic heterocycles. The quantitative estimate of drug-likeness (QED) is 0.336. The summed E-state index contributed by atoms with van der Waals surface area (Å²) in [7, 11) is -2.21. The van der Waals surface area contributed by atoms with Gasteiger partial charge in [-0.25, -0.2) is 22.4 Å². The van der Waals surface area contributed by atoms with Crippen molar-refractivity contribution in [2.75, 3.05) is 20.1 Å². The Bertz CT molecular complexity index is 1740. The number of pyridine rings is 1. The topological polar surface area (TPSA) is 102 Å². The van der Waals surface area contributed by atoms with Gasteiger partial charge in [0.25, 0.3) is 10.0 Å². The molecule has 0 radical (unpaired) electrons. The number of fused-ring (bicyclic) bond motifs is 3. The zero-order valence-corrected chi connectivity index (χ0v) is 22.5. The number of hydrogen-bond donors (Lipinski definition) is 1. The summed E-state index contributed by atoms with van der Waals surface area (Å²) in [4.78, 5) is 24.4. The largest absolute Gasteiger partial charge is 0.359 e. The Balaban J connectivity index is 1.40. The number of nitrogens with zero attached hydrogens (tertiary/aromatic N) is 5. The molecule has 39 heavy (non-hydrogen) atoms. The third kappa shape index (κ3) is 4.70. The Hall–Kier alpha value is -4.02. The Morgan fingerprint density at radius 3 is 2.38 bits per heavy atom. The lowest BCUT2D eigenvalue weighted by Crippen LogP contribution is -2.35. The van der Waals surface area contributed by atoms with Crippen molar-refractivity contribution in [2.45, 2.75) is 36.7 Å². The van der Waals surface area contributed by atoms with Crippen LogP contribution in [-0.4, -0.2) is 57.9 Å². The van der Waals surface area contributed by atoms with Gasteiger partial charge in [-0.05, 0) is 36.6 Å². The lowest BCUT2D eigenvalue weighted by atomic mass is 10.0. The molecule has 0 bridgehead atoms. The molecule has 1 amide bonds. The first-order valence-electron chi connectivity index (χ1n) is 13.1. The second kappa shape index (κ2) is 10.3. The van der Waals surface area contributed by atoms with Crippen LogP contribution in [0.25, 0.3) is 22.1 Å². The highest BCUT2D eigenvalue weighted by molar-refractivity contribution is 7.90. The van der Waals surface area contributed by atoms with E-state index in [2.05, 4.69) is 44.0 Å². The maximum absolute atomic E-state index is 13.4. The Kier molecular flexibility index (Phi) is 6.66. The monoisotopic (exact) mass is 542 g/mol. The number of aromatic nitrogens is 4. The number of nitrogens with one attached hydrogen (secondary N) is 1. The fraction of sp³-hybridized carbons (Fsp3) is 0.276. The van der Waals surface area contributed by atoms with E-state index in [-0.39, 0.29) is 23.3 Å². The lowest BCUT2D eigenvalue weighted by Gasteiger charge is -2.33. The number of carbonyl (C=O) groups excluding carboxylic acids is 1. The van der Waals surface area contributed by atoms with E-state index in [9.17, 15) is 13.2 Å². The predicted octanol–water partition coefficient (Wildman–Crippen LogP) is 3.75. The van der Waals surface area contributed by atoms with Crippen molar-refractivity contribution in [3.63, 3.8) is 0 Å². The molecule has 6 rings (SSSR count). The van der Waals surface area contributed by atoms with E-state index in [0.29, 0.717) is 22.4 Å². The van der Waals surface area contributed by atoms with E-state index in [4.69, 9.17) is 4.98 Å². The van der Waals surface area contributed by atoms with E-state index in [0.717, 1.165) is 38.0 Å². The smallest absolute Gasteiger partial charge is 0.269 e. The summed E-state index contributed by atoms with van der Waals surface area (Å²) in [6.07, 6.45) is 5.10. The van der Waals surface area contributed by atoms with Crippen LogP contribution in [0.3, 0.4) is 0 Å². The molecule has 0 atom stereocenters. The Labute approximate surface area is 227 Å². The number of rotatable bonds is 7. The molecule has 1 fully saturated rings. The minimum atomic E-state index is -3.83. The fourth-order valence-corrected chi connectivity index (χ4v) is 6.85. The third-order valence-corrected chi connectivity index (χ3v) is 9.15. The molecule has 3 aromatic heterocycles. The first kappa shape index (κ1) is 25.3. The number of carbonyl (C=O) groups is 1. The molecule has 0 unspecified atom stereocenters. The second-order valence-corrected chi connectivity index (χ2v) is 11.7. The maximum Gasteiger partial charge on any atom is 0.269 e. The molecule has 200 valence electrons. The predicted molar refractivity (Wildman–Crippen MR) is 150 cm³/mol. The van der Waals surface area contributed by atoms with Gasteiger partial charge in [0.2, 0.25) is 5.91 Å². The molecule has 10 heteroatoms. The molecule has 1 aliphatic rings. The first-order valence-corrected chi connectivity index (χ1v) is 14.5. The summed E-state index contributed by atoms with van der Waals surface area (Å²) in [5.74, 6) is 0.542. The lowest BCUT2D eigenvalue weighted by molar-refractivity contribution is -0.120. The standard InChI is InChI=1S/C29H30N6O3S/c1-30-27(36)18-26-32-25-19-31-29-24(14-17-34(29)39(37,38)23-10-6-3-7-11-23)28(25)35(26)22-12-15-33(16-13-22)20-21-8-4-2-5-9-21/h2-11,14,17,19,22H,12-13,15-16,18,20H2,1H3,(H,30,36). The van der Waals surface area contributed by atoms with Crippen LogP contribution in [-0.2, 0) is 27.8 Å². The zero-order chi connectivity index (χ0) is 27.0. The fourth-order valence-electron chi connectivity index (χ4n) is 5.52. The van der Waals surface area contributed by atoms with E-state index in [1.54, 1.807) is 55.8 Å². The van der Waals surface area contributed by atoms with E-state index in [1.165, 1.54) is 9.54 Å². The van der Waals surface area contributed by atoms with E-state index in [1.807, 2.05) is 6.07 Å². The van der Waals surface area contributed by atoms with Crippen molar-refractivity contribution in [1.82, 2.24) is 28.7 Å². The van der Waals surface area contributed by atoms with Crippen LogP contribution in [0.1, 0.15) is 30.3 Å². The number of hydrogen-bond acceptors (Lipinski definition) is 6. The second-order valence-electron chi connectivity index (χ2n) is 9.90. The van der Waals surface area contributed by atoms with Crippen molar-refractivity contribution >= 4 is 38.0 Å². The normalized spacial score (nSPS) is 15.2. The molecule has 4 heterocycles. The van der Waals surface area contributed by atoms with Crippen LogP contribution in [0.15, 0.2) is 84.0 Å². The van der Waals surface area contributed by atoms with Gasteiger partial charge in [-0.15, -0.1) is 0 Å². The van der Waals surface area contributed by atoms with Crippen molar-refractivity contribution in [2.24, 2.45) is 0 Å². The first-order chi connectivity index (χ1) is 19.0. The van der Waals surface area contributed by atoms with Gasteiger partial charge in [-0.2, -0.15) is 0 Å². The van der Waals surface area contributed by atoms with Crippen LogP contribution < -0.4 is 5.32 Å². The van der Waals surface area contributed by atoms with Gasteiger partial charge < -0.3 is 9.88 Å². The number of amides is 1. The van der Waals surface area contributed by atoms with Crippen molar-refractivity contribution in [3.8, 4) is 0 Å². The summed E-state index contributed by atoms with van der Waals surface area (Å²) >= 11 is 0. The van der Waals surface area contributed by atoms with Gasteiger partial charge in [0.15, 0.2) is 5.65 Å². The van der Waals surface area contributed by atoms with Crippen LogP contribution in [0, 0.1) is 0 Å². The van der Waals surface area contributed by atoms with Gasteiger partial charge in [-0.1, -0.05) is 48.5 Å². The molecule has 2 aromatic carbocycles. The number of imidazole rings is 1. The Morgan fingerprint density at radius 2 is 1.69 bits per heavy atom. The average Bonchev–Trinajstić information content (AvgIpc) is 3.56. The van der Waals surface area contributed by atoms with Gasteiger partial charge in [-0.3, -0.25) is 9.69 Å². The summed E-state index contributed by atoms with van der Waals surface area (Å²) < 4.78 is 30.3. The molecule has 1 saturated heterocycles. The van der Waals surface area contributed by atoms with Crippen LogP contribution in [0.4, 0.5) is 0 Å². The Morgan fingerprint density at radius 1 is 1.00 bits per heavy atom. The highest BCUT2D eigenvalue weighted by Crippen LogP contribution is 2.34. The number of likely N-dealkylation sites (tertiary alicyclic amines) is 1. The molecular weight excluding hydrogens is 512 g/mol. The molecular formula is C29H30N6O3S. The summed E-state index contributed by atoms with van der Waals surface area (Å²) in [5.41, 5.74) is 3.11. The van der Waals surface area contributed by atoms with E-state index < -0.39 is 10.0 Å². The van der Waals surface area contributed by atoms with Crippen LogP contribution in [0.2, 0.25) is 0 Å². The zero-order valence-electron chi connectivity index (χ0n) is 21.7. The van der Waals surface area contributed by atoms with Crippen molar-refractivity contribution in [3.05, 3.63) is 90.5 Å². The van der Waals surface area contributed by atoms with Crippen molar-refractivity contribution in [1.29, 1.82) is 0 Å². The van der Waals surface area contributed by atoms with Crippen LogP contribution in [0.5, 0.6) is 0 Å². The summed E-state index contributed by atoms with van der Waals surface area (Å²) in [6, 6.07) is 20.7. The highest BCUT2D eigenvalue weighted by atomic mass is 32.2.